The number of alkyl carbamates (subject to hydrolysis) is 1. The molecule has 9 heteroatoms. The smallest absolute Gasteiger partial charge is 0.408 e. The second-order valence-electron chi connectivity index (χ2n) is 13.6. The van der Waals surface area contributed by atoms with Crippen LogP contribution in [0, 0.1) is 19.8 Å². The molecule has 4 amide bonds. The Morgan fingerprint density at radius 1 is 0.870 bits per heavy atom. The Kier molecular flexibility index (Phi) is 12.3. The van der Waals surface area contributed by atoms with E-state index in [1.165, 1.54) is 0 Å². The number of carbonyl (C=O) groups is 4. The molecule has 0 aliphatic carbocycles. The number of primary amides is 1. The van der Waals surface area contributed by atoms with Crippen molar-refractivity contribution in [1.29, 1.82) is 0 Å². The lowest BCUT2D eigenvalue weighted by atomic mass is 9.93. The average Bonchev–Trinajstić information content (AvgIpc) is 2.96. The highest BCUT2D eigenvalue weighted by atomic mass is 16.6. The third kappa shape index (κ3) is 10.3. The van der Waals surface area contributed by atoms with Crippen LogP contribution in [0.3, 0.4) is 0 Å². The highest BCUT2D eigenvalue weighted by Crippen LogP contribution is 2.32. The van der Waals surface area contributed by atoms with Gasteiger partial charge in [-0.3, -0.25) is 14.4 Å². The molecule has 248 valence electrons. The van der Waals surface area contributed by atoms with Crippen molar-refractivity contribution in [2.45, 2.75) is 105 Å². The SMILES string of the molecule is Cc1ccc(C)c(C(C(=O)Nc2ccc3ccccc3c2)N(C(=O)C(CCC(N)=O)NC(=O)OC(C)(C)C)C(C)CCC(C)C)c1. The Morgan fingerprint density at radius 3 is 2.17 bits per heavy atom. The predicted octanol–water partition coefficient (Wildman–Crippen LogP) is 6.95. The van der Waals surface area contributed by atoms with Gasteiger partial charge < -0.3 is 26.0 Å². The number of carbonyl (C=O) groups excluding carboxylic acids is 4. The first-order chi connectivity index (χ1) is 21.6. The summed E-state index contributed by atoms with van der Waals surface area (Å²) in [5.74, 6) is -1.14. The number of rotatable bonds is 13. The lowest BCUT2D eigenvalue weighted by Gasteiger charge is -2.39. The number of ether oxygens (including phenoxy) is 1. The van der Waals surface area contributed by atoms with Crippen LogP contribution in [0.2, 0.25) is 0 Å². The van der Waals surface area contributed by atoms with E-state index in [9.17, 15) is 19.2 Å². The van der Waals surface area contributed by atoms with Crippen LogP contribution in [-0.4, -0.2) is 46.4 Å². The Hall–Kier alpha value is -4.40. The lowest BCUT2D eigenvalue weighted by Crippen LogP contribution is -2.55. The maximum Gasteiger partial charge on any atom is 0.408 e. The molecule has 4 N–H and O–H groups in total. The van der Waals surface area contributed by atoms with Gasteiger partial charge in [0.15, 0.2) is 0 Å². The lowest BCUT2D eigenvalue weighted by molar-refractivity contribution is -0.143. The molecule has 0 heterocycles. The molecule has 0 saturated carbocycles. The van der Waals surface area contributed by atoms with Crippen LogP contribution in [0.25, 0.3) is 10.8 Å². The van der Waals surface area contributed by atoms with Gasteiger partial charge in [-0.2, -0.15) is 0 Å². The highest BCUT2D eigenvalue weighted by molar-refractivity contribution is 6.00. The van der Waals surface area contributed by atoms with Crippen LogP contribution < -0.4 is 16.4 Å². The molecule has 3 unspecified atom stereocenters. The fraction of sp³-hybridized carbons (Fsp3) is 0.459. The van der Waals surface area contributed by atoms with Crippen LogP contribution in [-0.2, 0) is 19.1 Å². The molecule has 0 aliphatic rings. The van der Waals surface area contributed by atoms with E-state index < -0.39 is 41.6 Å². The van der Waals surface area contributed by atoms with Crippen LogP contribution in [0.4, 0.5) is 10.5 Å². The standard InChI is InChI=1S/C37H50N4O5/c1-23(2)13-16-26(5)41(35(44)31(19-20-32(38)42)40-36(45)46-37(6,7)8)33(30-21-24(3)14-15-25(30)4)34(43)39-29-18-17-27-11-9-10-12-28(27)22-29/h9-12,14-15,17-18,21-23,26,31,33H,13,16,19-20H2,1-8H3,(H2,38,42)(H,39,43)(H,40,45). The quantitative estimate of drug-likeness (QED) is 0.188. The van der Waals surface area contributed by atoms with Crippen LogP contribution in [0.1, 0.15) is 90.0 Å². The molecule has 0 saturated heterocycles. The van der Waals surface area contributed by atoms with Gasteiger partial charge in [0.1, 0.15) is 17.7 Å². The molecule has 0 aromatic heterocycles. The van der Waals surface area contributed by atoms with Gasteiger partial charge in [0.25, 0.3) is 5.91 Å². The Balaban J connectivity index is 2.15. The number of hydrogen-bond acceptors (Lipinski definition) is 5. The predicted molar refractivity (Wildman–Crippen MR) is 183 cm³/mol. The fourth-order valence-electron chi connectivity index (χ4n) is 5.44. The molecule has 0 fully saturated rings. The van der Waals surface area contributed by atoms with E-state index in [0.717, 1.165) is 28.3 Å². The van der Waals surface area contributed by atoms with Crippen LogP contribution in [0.5, 0.6) is 0 Å². The number of amides is 4. The minimum atomic E-state index is -1.16. The number of nitrogens with two attached hydrogens (primary N) is 1. The minimum absolute atomic E-state index is 0.0490. The molecule has 0 radical (unpaired) electrons. The molecular formula is C37H50N4O5. The van der Waals surface area contributed by atoms with Crippen LogP contribution in [0.15, 0.2) is 60.7 Å². The summed E-state index contributed by atoms with van der Waals surface area (Å²) in [4.78, 5) is 55.6. The third-order valence-corrected chi connectivity index (χ3v) is 7.83. The first-order valence-electron chi connectivity index (χ1n) is 16.0. The van der Waals surface area contributed by atoms with Gasteiger partial charge in [-0.1, -0.05) is 67.9 Å². The first-order valence-corrected chi connectivity index (χ1v) is 16.0. The molecule has 46 heavy (non-hydrogen) atoms. The van der Waals surface area contributed by atoms with E-state index in [1.807, 2.05) is 81.4 Å². The summed E-state index contributed by atoms with van der Waals surface area (Å²) in [6.07, 6.45) is 0.435. The van der Waals surface area contributed by atoms with E-state index in [-0.39, 0.29) is 18.7 Å². The highest BCUT2D eigenvalue weighted by Gasteiger charge is 2.39. The summed E-state index contributed by atoms with van der Waals surface area (Å²) in [7, 11) is 0. The minimum Gasteiger partial charge on any atom is -0.444 e. The van der Waals surface area contributed by atoms with Crippen molar-refractivity contribution >= 4 is 40.3 Å². The number of benzene rings is 3. The summed E-state index contributed by atoms with van der Waals surface area (Å²) < 4.78 is 5.47. The van der Waals surface area contributed by atoms with Gasteiger partial charge >= 0.3 is 6.09 Å². The van der Waals surface area contributed by atoms with Crippen molar-refractivity contribution in [1.82, 2.24) is 10.2 Å². The monoisotopic (exact) mass is 630 g/mol. The molecule has 3 atom stereocenters. The molecular weight excluding hydrogens is 580 g/mol. The molecule has 0 bridgehead atoms. The van der Waals surface area contributed by atoms with Crippen molar-refractivity contribution in [2.75, 3.05) is 5.32 Å². The number of nitrogens with zero attached hydrogens (tertiary/aromatic N) is 1. The number of nitrogens with one attached hydrogen (secondary N) is 2. The zero-order valence-electron chi connectivity index (χ0n) is 28.5. The van der Waals surface area contributed by atoms with Gasteiger partial charge in [0.2, 0.25) is 11.8 Å². The second kappa shape index (κ2) is 15.7. The second-order valence-corrected chi connectivity index (χ2v) is 13.6. The van der Waals surface area contributed by atoms with Gasteiger partial charge in [0.05, 0.1) is 0 Å². The third-order valence-electron chi connectivity index (χ3n) is 7.83. The van der Waals surface area contributed by atoms with Crippen molar-refractivity contribution < 1.29 is 23.9 Å². The number of fused-ring (bicyclic) bond motifs is 1. The Labute approximate surface area is 273 Å². The van der Waals surface area contributed by atoms with Crippen molar-refractivity contribution in [3.05, 3.63) is 77.4 Å². The molecule has 3 aromatic rings. The molecule has 0 spiro atoms. The Morgan fingerprint density at radius 2 is 1.54 bits per heavy atom. The Bertz CT molecular complexity index is 1540. The first kappa shape index (κ1) is 36.1. The van der Waals surface area contributed by atoms with Gasteiger partial charge in [0, 0.05) is 18.2 Å². The maximum atomic E-state index is 14.7. The molecule has 3 aromatic carbocycles. The van der Waals surface area contributed by atoms with E-state index in [2.05, 4.69) is 24.5 Å². The molecule has 3 rings (SSSR count). The van der Waals surface area contributed by atoms with Gasteiger partial charge in [-0.15, -0.1) is 0 Å². The van der Waals surface area contributed by atoms with E-state index in [0.29, 0.717) is 23.6 Å². The normalized spacial score (nSPS) is 13.5. The largest absolute Gasteiger partial charge is 0.444 e. The number of aryl methyl sites for hydroxylation is 2. The molecule has 0 aliphatic heterocycles. The maximum absolute atomic E-state index is 14.7. The zero-order valence-corrected chi connectivity index (χ0v) is 28.5. The number of anilines is 1. The van der Waals surface area contributed by atoms with Gasteiger partial charge in [-0.05, 0) is 101 Å². The van der Waals surface area contributed by atoms with E-state index >= 15 is 0 Å². The summed E-state index contributed by atoms with van der Waals surface area (Å²) in [5.41, 5.74) is 7.71. The zero-order chi connectivity index (χ0) is 34.2. The van der Waals surface area contributed by atoms with Crippen LogP contribution >= 0.6 is 0 Å². The fourth-order valence-corrected chi connectivity index (χ4v) is 5.44. The van der Waals surface area contributed by atoms with E-state index in [4.69, 9.17) is 10.5 Å². The molecule has 9 nitrogen and oxygen atoms in total. The van der Waals surface area contributed by atoms with Crippen molar-refractivity contribution in [3.8, 4) is 0 Å². The topological polar surface area (TPSA) is 131 Å². The summed E-state index contributed by atoms with van der Waals surface area (Å²) in [5, 5.41) is 7.76. The summed E-state index contributed by atoms with van der Waals surface area (Å²) >= 11 is 0. The summed E-state index contributed by atoms with van der Waals surface area (Å²) in [6, 6.07) is 16.8. The average molecular weight is 631 g/mol. The van der Waals surface area contributed by atoms with E-state index in [1.54, 1.807) is 25.7 Å². The van der Waals surface area contributed by atoms with Gasteiger partial charge in [-0.25, -0.2) is 4.79 Å². The van der Waals surface area contributed by atoms with Crippen molar-refractivity contribution in [2.24, 2.45) is 11.7 Å². The van der Waals surface area contributed by atoms with Crippen molar-refractivity contribution in [3.63, 3.8) is 0 Å². The summed E-state index contributed by atoms with van der Waals surface area (Å²) in [6.45, 7) is 15.1. The number of hydrogen-bond donors (Lipinski definition) is 3.